The van der Waals surface area contributed by atoms with Gasteiger partial charge in [0.2, 0.25) is 0 Å². The highest BCUT2D eigenvalue weighted by Gasteiger charge is 2.25. The minimum absolute atomic E-state index is 0.268. The molecule has 1 heterocycles. The summed E-state index contributed by atoms with van der Waals surface area (Å²) in [5, 5.41) is -0.822. The quantitative estimate of drug-likeness (QED) is 0.146. The van der Waals surface area contributed by atoms with E-state index >= 15 is 0 Å². The highest BCUT2D eigenvalue weighted by molar-refractivity contribution is 8.04. The normalized spacial score (nSPS) is 12.6. The van der Waals surface area contributed by atoms with Crippen LogP contribution in [0.4, 0.5) is 0 Å². The van der Waals surface area contributed by atoms with Crippen LogP contribution in [0.3, 0.4) is 0 Å². The van der Waals surface area contributed by atoms with Gasteiger partial charge in [0.1, 0.15) is 10.5 Å². The first-order valence-electron chi connectivity index (χ1n) is 11.4. The van der Waals surface area contributed by atoms with E-state index in [0.29, 0.717) is 17.7 Å². The molecule has 0 saturated carbocycles. The molecular weight excluding hydrogens is 517 g/mol. The van der Waals surface area contributed by atoms with Crippen LogP contribution in [-0.2, 0) is 19.1 Å². The Balaban J connectivity index is 2.23. The summed E-state index contributed by atoms with van der Waals surface area (Å²) in [6.07, 6.45) is 0. The molecule has 0 amide bonds. The maximum Gasteiger partial charge on any atom is 0.319 e. The van der Waals surface area contributed by atoms with E-state index in [1.807, 2.05) is 74.5 Å². The van der Waals surface area contributed by atoms with Gasteiger partial charge in [-0.3, -0.25) is 9.59 Å². The largest absolute Gasteiger partial charge is 0.465 e. The molecule has 3 rings (SSSR count). The molecule has 0 radical (unpaired) electrons. The summed E-state index contributed by atoms with van der Waals surface area (Å²) in [7, 11) is 0. The Kier molecular flexibility index (Phi) is 10.4. The molecule has 4 nitrogen and oxygen atoms in total. The maximum atomic E-state index is 12.5. The van der Waals surface area contributed by atoms with Crippen molar-refractivity contribution in [1.29, 1.82) is 0 Å². The molecule has 0 saturated heterocycles. The van der Waals surface area contributed by atoms with Gasteiger partial charge in [0, 0.05) is 11.1 Å². The summed E-state index contributed by atoms with van der Waals surface area (Å²) < 4.78 is 13.0. The molecular formula is C27H28O4S4. The van der Waals surface area contributed by atoms with Gasteiger partial charge >= 0.3 is 11.9 Å². The van der Waals surface area contributed by atoms with E-state index in [0.717, 1.165) is 30.7 Å². The summed E-state index contributed by atoms with van der Waals surface area (Å²) in [6, 6.07) is 20.0. The fraction of sp³-hybridized carbons (Fsp3) is 0.296. The minimum atomic E-state index is -0.411. The molecule has 2 atom stereocenters. The summed E-state index contributed by atoms with van der Waals surface area (Å²) >= 11 is 10.5. The van der Waals surface area contributed by atoms with E-state index in [1.165, 1.54) is 23.5 Å². The van der Waals surface area contributed by atoms with Gasteiger partial charge in [0.15, 0.2) is 0 Å². The number of hydrogen-bond acceptors (Lipinski definition) is 8. The summed E-state index contributed by atoms with van der Waals surface area (Å²) in [5.74, 6) is -0.535. The van der Waals surface area contributed by atoms with E-state index in [1.54, 1.807) is 25.2 Å². The molecule has 0 fully saturated rings. The second kappa shape index (κ2) is 13.3. The van der Waals surface area contributed by atoms with Gasteiger partial charge in [-0.1, -0.05) is 96.4 Å². The number of hydrogen-bond donors (Lipinski definition) is 0. The van der Waals surface area contributed by atoms with Crippen LogP contribution in [0.25, 0.3) is 22.3 Å². The summed E-state index contributed by atoms with van der Waals surface area (Å²) in [6.45, 7) is 7.94. The lowest BCUT2D eigenvalue weighted by Crippen LogP contribution is -2.17. The molecule has 0 bridgehead atoms. The number of benzene rings is 2. The van der Waals surface area contributed by atoms with Gasteiger partial charge in [0.05, 0.1) is 26.1 Å². The van der Waals surface area contributed by atoms with Gasteiger partial charge in [-0.05, 0) is 38.8 Å². The van der Waals surface area contributed by atoms with Gasteiger partial charge in [0.25, 0.3) is 0 Å². The first-order chi connectivity index (χ1) is 16.9. The first kappa shape index (κ1) is 27.5. The highest BCUT2D eigenvalue weighted by atomic mass is 32.2. The van der Waals surface area contributed by atoms with Crippen molar-refractivity contribution in [3.05, 3.63) is 65.2 Å². The molecule has 0 aliphatic carbocycles. The second-order valence-corrected chi connectivity index (χ2v) is 12.2. The Morgan fingerprint density at radius 2 is 1.14 bits per heavy atom. The Hall–Kier alpha value is -2.13. The van der Waals surface area contributed by atoms with Gasteiger partial charge < -0.3 is 9.47 Å². The zero-order valence-electron chi connectivity index (χ0n) is 20.1. The zero-order valence-corrected chi connectivity index (χ0v) is 23.4. The standard InChI is InChI=1S/C27H28O4S4/c1-5-30-24(28)17(3)33-26-21(19-13-9-7-10-14-19)23(32)22(20-15-11-8-12-16-20)27(35-26)34-18(4)25(29)31-6-2/h7-18H,5-6H2,1-4H3. The second-order valence-electron chi connectivity index (χ2n) is 7.51. The van der Waals surface area contributed by atoms with Crippen LogP contribution in [0, 0.1) is 4.51 Å². The highest BCUT2D eigenvalue weighted by Crippen LogP contribution is 2.48. The lowest BCUT2D eigenvalue weighted by molar-refractivity contribution is -0.143. The van der Waals surface area contributed by atoms with Crippen LogP contribution < -0.4 is 0 Å². The van der Waals surface area contributed by atoms with E-state index < -0.39 is 10.5 Å². The molecule has 0 aliphatic rings. The fourth-order valence-corrected chi connectivity index (χ4v) is 8.37. The van der Waals surface area contributed by atoms with E-state index in [2.05, 4.69) is 0 Å². The third kappa shape index (κ3) is 6.97. The van der Waals surface area contributed by atoms with Crippen molar-refractivity contribution in [2.24, 2.45) is 0 Å². The molecule has 2 aromatic carbocycles. The predicted molar refractivity (Wildman–Crippen MR) is 150 cm³/mol. The van der Waals surface area contributed by atoms with Crippen molar-refractivity contribution in [3.63, 3.8) is 0 Å². The molecule has 0 aliphatic heterocycles. The van der Waals surface area contributed by atoms with Crippen LogP contribution in [0.1, 0.15) is 27.7 Å². The van der Waals surface area contributed by atoms with Gasteiger partial charge in [-0.2, -0.15) is 0 Å². The number of carbonyl (C=O) groups is 2. The number of carbonyl (C=O) groups excluding carboxylic acids is 2. The van der Waals surface area contributed by atoms with Crippen LogP contribution in [0.2, 0.25) is 0 Å². The summed E-state index contributed by atoms with van der Waals surface area (Å²) in [5.41, 5.74) is 3.80. The third-order valence-electron chi connectivity index (χ3n) is 4.98. The Labute approximate surface area is 224 Å². The van der Waals surface area contributed by atoms with Crippen LogP contribution in [0.15, 0.2) is 69.1 Å². The van der Waals surface area contributed by atoms with Crippen molar-refractivity contribution in [2.75, 3.05) is 13.2 Å². The molecule has 35 heavy (non-hydrogen) atoms. The van der Waals surface area contributed by atoms with E-state index in [-0.39, 0.29) is 11.9 Å². The minimum Gasteiger partial charge on any atom is -0.465 e. The zero-order chi connectivity index (χ0) is 25.4. The molecule has 2 unspecified atom stereocenters. The Morgan fingerprint density at radius 1 is 0.771 bits per heavy atom. The SMILES string of the molecule is CCOC(=O)C(C)Sc1sc(SC(C)C(=O)OCC)c(-c2ccccc2)c(=S)c1-c1ccccc1. The average Bonchev–Trinajstić information content (AvgIpc) is 2.85. The lowest BCUT2D eigenvalue weighted by Gasteiger charge is -2.19. The van der Waals surface area contributed by atoms with E-state index in [4.69, 9.17) is 21.7 Å². The lowest BCUT2D eigenvalue weighted by atomic mass is 10.0. The third-order valence-corrected chi connectivity index (χ3v) is 9.17. The van der Waals surface area contributed by atoms with E-state index in [9.17, 15) is 9.59 Å². The molecule has 0 N–H and O–H groups in total. The molecule has 0 spiro atoms. The Bertz CT molecular complexity index is 1120. The number of esters is 2. The maximum absolute atomic E-state index is 12.5. The average molecular weight is 545 g/mol. The van der Waals surface area contributed by atoms with Gasteiger partial charge in [-0.15, -0.1) is 11.3 Å². The summed E-state index contributed by atoms with van der Waals surface area (Å²) in [4.78, 5) is 24.9. The molecule has 1 aromatic heterocycles. The van der Waals surface area contributed by atoms with Gasteiger partial charge in [-0.25, -0.2) is 0 Å². The topological polar surface area (TPSA) is 52.6 Å². The Morgan fingerprint density at radius 3 is 1.49 bits per heavy atom. The van der Waals surface area contributed by atoms with Crippen LogP contribution in [-0.4, -0.2) is 35.7 Å². The predicted octanol–water partition coefficient (Wildman–Crippen LogP) is 7.90. The van der Waals surface area contributed by atoms with Crippen molar-refractivity contribution in [3.8, 4) is 22.3 Å². The number of ether oxygens (including phenoxy) is 2. The number of thioether (sulfide) groups is 2. The monoisotopic (exact) mass is 544 g/mol. The molecule has 184 valence electrons. The molecule has 8 heteroatoms. The van der Waals surface area contributed by atoms with Crippen LogP contribution in [0.5, 0.6) is 0 Å². The molecule has 3 aromatic rings. The number of rotatable bonds is 10. The smallest absolute Gasteiger partial charge is 0.319 e. The first-order valence-corrected chi connectivity index (χ1v) is 14.3. The van der Waals surface area contributed by atoms with Crippen molar-refractivity contribution in [1.82, 2.24) is 0 Å². The van der Waals surface area contributed by atoms with Crippen LogP contribution >= 0.6 is 47.1 Å². The van der Waals surface area contributed by atoms with Crippen molar-refractivity contribution < 1.29 is 19.1 Å². The van der Waals surface area contributed by atoms with Crippen molar-refractivity contribution in [2.45, 2.75) is 46.6 Å². The fourth-order valence-electron chi connectivity index (χ4n) is 3.31. The van der Waals surface area contributed by atoms with Crippen molar-refractivity contribution >= 4 is 59.0 Å².